The van der Waals surface area contributed by atoms with Gasteiger partial charge in [0, 0.05) is 13.1 Å². The number of ether oxygens (including phenoxy) is 1. The number of nitrogens with one attached hydrogen (secondary N) is 1. The van der Waals surface area contributed by atoms with Gasteiger partial charge in [-0.05, 0) is 30.9 Å². The summed E-state index contributed by atoms with van der Waals surface area (Å²) < 4.78 is 5.70. The maximum Gasteiger partial charge on any atom is 0.0897 e. The molecular weight excluding hydrogens is 238 g/mol. The molecule has 0 spiro atoms. The quantitative estimate of drug-likeness (QED) is 0.794. The van der Waals surface area contributed by atoms with Gasteiger partial charge in [-0.3, -0.25) is 0 Å². The van der Waals surface area contributed by atoms with Crippen LogP contribution in [0.1, 0.15) is 36.8 Å². The number of benzene rings is 1. The molecule has 0 radical (unpaired) electrons. The van der Waals surface area contributed by atoms with Gasteiger partial charge in [0.15, 0.2) is 0 Å². The van der Waals surface area contributed by atoms with Crippen LogP contribution in [0.4, 0.5) is 0 Å². The maximum absolute atomic E-state index is 9.87. The molecule has 19 heavy (non-hydrogen) atoms. The van der Waals surface area contributed by atoms with E-state index in [0.29, 0.717) is 19.3 Å². The van der Waals surface area contributed by atoms with Crippen LogP contribution in [0, 0.1) is 6.92 Å². The van der Waals surface area contributed by atoms with Crippen molar-refractivity contribution in [3.05, 3.63) is 35.4 Å². The summed E-state index contributed by atoms with van der Waals surface area (Å²) in [4.78, 5) is 0. The van der Waals surface area contributed by atoms with Crippen LogP contribution in [0.25, 0.3) is 0 Å². The van der Waals surface area contributed by atoms with Gasteiger partial charge >= 0.3 is 0 Å². The topological polar surface area (TPSA) is 41.5 Å². The first-order chi connectivity index (χ1) is 9.25. The Morgan fingerprint density at radius 3 is 2.79 bits per heavy atom. The summed E-state index contributed by atoms with van der Waals surface area (Å²) in [5.74, 6) is 0. The Morgan fingerprint density at radius 1 is 1.32 bits per heavy atom. The fourth-order valence-corrected chi connectivity index (χ4v) is 2.54. The summed E-state index contributed by atoms with van der Waals surface area (Å²) in [5, 5.41) is 13.2. The summed E-state index contributed by atoms with van der Waals surface area (Å²) >= 11 is 0. The first-order valence-electron chi connectivity index (χ1n) is 7.30. The zero-order valence-electron chi connectivity index (χ0n) is 11.8. The summed E-state index contributed by atoms with van der Waals surface area (Å²) in [6.45, 7) is 3.94. The zero-order valence-corrected chi connectivity index (χ0v) is 11.8. The van der Waals surface area contributed by atoms with Crippen LogP contribution in [0.3, 0.4) is 0 Å². The Balaban J connectivity index is 1.61. The minimum atomic E-state index is -0.412. The molecule has 1 aliphatic carbocycles. The van der Waals surface area contributed by atoms with E-state index in [0.717, 1.165) is 19.4 Å². The first-order valence-corrected chi connectivity index (χ1v) is 7.30. The zero-order chi connectivity index (χ0) is 13.5. The summed E-state index contributed by atoms with van der Waals surface area (Å²) in [7, 11) is 0. The van der Waals surface area contributed by atoms with E-state index in [4.69, 9.17) is 4.74 Å². The molecule has 106 valence electrons. The molecule has 0 saturated heterocycles. The van der Waals surface area contributed by atoms with Crippen LogP contribution < -0.4 is 5.32 Å². The lowest BCUT2D eigenvalue weighted by Crippen LogP contribution is -2.31. The standard InChI is InChI=1S/C16H25NO2/c1-13-6-2-3-7-14(13)10-17-11-15(18)12-19-16-8-4-5-9-16/h2-3,6-7,15-18H,4-5,8-12H2,1H3. The first kappa shape index (κ1) is 14.5. The van der Waals surface area contributed by atoms with Gasteiger partial charge in [0.2, 0.25) is 0 Å². The second-order valence-corrected chi connectivity index (χ2v) is 5.45. The van der Waals surface area contributed by atoms with Crippen LogP contribution in [-0.2, 0) is 11.3 Å². The van der Waals surface area contributed by atoms with Crippen molar-refractivity contribution in [2.24, 2.45) is 0 Å². The molecule has 1 unspecified atom stereocenters. The molecule has 1 aromatic carbocycles. The smallest absolute Gasteiger partial charge is 0.0897 e. The fraction of sp³-hybridized carbons (Fsp3) is 0.625. The molecule has 1 saturated carbocycles. The predicted octanol–water partition coefficient (Wildman–Crippen LogP) is 2.40. The van der Waals surface area contributed by atoms with Crippen molar-refractivity contribution in [2.75, 3.05) is 13.2 Å². The van der Waals surface area contributed by atoms with E-state index >= 15 is 0 Å². The highest BCUT2D eigenvalue weighted by Crippen LogP contribution is 2.20. The van der Waals surface area contributed by atoms with E-state index < -0.39 is 6.10 Å². The lowest BCUT2D eigenvalue weighted by atomic mass is 10.1. The van der Waals surface area contributed by atoms with Gasteiger partial charge in [-0.25, -0.2) is 0 Å². The molecule has 3 heteroatoms. The van der Waals surface area contributed by atoms with Crippen molar-refractivity contribution in [2.45, 2.75) is 51.4 Å². The third kappa shape index (κ3) is 4.94. The van der Waals surface area contributed by atoms with Crippen LogP contribution >= 0.6 is 0 Å². The molecule has 0 heterocycles. The lowest BCUT2D eigenvalue weighted by molar-refractivity contribution is -0.00550. The number of hydrogen-bond donors (Lipinski definition) is 2. The number of rotatable bonds is 7. The van der Waals surface area contributed by atoms with Gasteiger partial charge in [-0.15, -0.1) is 0 Å². The molecule has 0 bridgehead atoms. The summed E-state index contributed by atoms with van der Waals surface area (Å²) in [6, 6.07) is 8.31. The average Bonchev–Trinajstić information content (AvgIpc) is 2.92. The molecule has 2 N–H and O–H groups in total. The largest absolute Gasteiger partial charge is 0.389 e. The number of hydrogen-bond acceptors (Lipinski definition) is 3. The highest BCUT2D eigenvalue weighted by Gasteiger charge is 2.16. The molecule has 1 atom stereocenters. The highest BCUT2D eigenvalue weighted by atomic mass is 16.5. The fourth-order valence-electron chi connectivity index (χ4n) is 2.54. The van der Waals surface area contributed by atoms with Crippen LogP contribution in [-0.4, -0.2) is 30.5 Å². The van der Waals surface area contributed by atoms with Crippen molar-refractivity contribution >= 4 is 0 Å². The molecule has 1 aromatic rings. The van der Waals surface area contributed by atoms with Crippen molar-refractivity contribution in [1.82, 2.24) is 5.32 Å². The van der Waals surface area contributed by atoms with E-state index in [2.05, 4.69) is 24.4 Å². The van der Waals surface area contributed by atoms with Crippen molar-refractivity contribution in [3.63, 3.8) is 0 Å². The third-order valence-electron chi connectivity index (χ3n) is 3.78. The Hall–Kier alpha value is -0.900. The Bertz CT molecular complexity index is 375. The molecule has 0 aromatic heterocycles. The normalized spacial score (nSPS) is 17.8. The summed E-state index contributed by atoms with van der Waals surface area (Å²) in [6.07, 6.45) is 4.82. The third-order valence-corrected chi connectivity index (χ3v) is 3.78. The van der Waals surface area contributed by atoms with Crippen LogP contribution in [0.2, 0.25) is 0 Å². The monoisotopic (exact) mass is 263 g/mol. The molecule has 0 aliphatic heterocycles. The van der Waals surface area contributed by atoms with Gasteiger partial charge < -0.3 is 15.2 Å². The van der Waals surface area contributed by atoms with Crippen LogP contribution in [0.5, 0.6) is 0 Å². The molecule has 1 aliphatic rings. The molecule has 1 fully saturated rings. The van der Waals surface area contributed by atoms with Gasteiger partial charge in [0.1, 0.15) is 0 Å². The van der Waals surface area contributed by atoms with Crippen LogP contribution in [0.15, 0.2) is 24.3 Å². The van der Waals surface area contributed by atoms with Crippen molar-refractivity contribution in [3.8, 4) is 0 Å². The number of aliphatic hydroxyl groups is 1. The van der Waals surface area contributed by atoms with Gasteiger partial charge in [0.25, 0.3) is 0 Å². The van der Waals surface area contributed by atoms with Gasteiger partial charge in [-0.1, -0.05) is 37.1 Å². The van der Waals surface area contributed by atoms with E-state index in [-0.39, 0.29) is 0 Å². The number of aryl methyl sites for hydroxylation is 1. The van der Waals surface area contributed by atoms with E-state index in [1.165, 1.54) is 24.0 Å². The van der Waals surface area contributed by atoms with Crippen molar-refractivity contribution < 1.29 is 9.84 Å². The Kier molecular flexibility index (Phi) is 5.83. The Labute approximate surface area is 116 Å². The van der Waals surface area contributed by atoms with E-state index in [9.17, 15) is 5.11 Å². The number of aliphatic hydroxyl groups excluding tert-OH is 1. The van der Waals surface area contributed by atoms with Gasteiger partial charge in [-0.2, -0.15) is 0 Å². The average molecular weight is 263 g/mol. The minimum Gasteiger partial charge on any atom is -0.389 e. The second-order valence-electron chi connectivity index (χ2n) is 5.45. The summed E-state index contributed by atoms with van der Waals surface area (Å²) in [5.41, 5.74) is 2.57. The highest BCUT2D eigenvalue weighted by molar-refractivity contribution is 5.25. The molecule has 3 nitrogen and oxygen atoms in total. The predicted molar refractivity (Wildman–Crippen MR) is 77.1 cm³/mol. The Morgan fingerprint density at radius 2 is 2.05 bits per heavy atom. The molecular formula is C16H25NO2. The van der Waals surface area contributed by atoms with Crippen molar-refractivity contribution in [1.29, 1.82) is 0 Å². The SMILES string of the molecule is Cc1ccccc1CNCC(O)COC1CCCC1. The second kappa shape index (κ2) is 7.63. The van der Waals surface area contributed by atoms with E-state index in [1.807, 2.05) is 12.1 Å². The van der Waals surface area contributed by atoms with Gasteiger partial charge in [0.05, 0.1) is 18.8 Å². The minimum absolute atomic E-state index is 0.381. The maximum atomic E-state index is 9.87. The van der Waals surface area contributed by atoms with E-state index in [1.54, 1.807) is 0 Å². The lowest BCUT2D eigenvalue weighted by Gasteiger charge is -2.16. The molecule has 2 rings (SSSR count). The molecule has 0 amide bonds.